The number of halogens is 1. The molecule has 0 saturated heterocycles. The van der Waals surface area contributed by atoms with Crippen LogP contribution in [0.2, 0.25) is 17.3 Å². The van der Waals surface area contributed by atoms with Gasteiger partial charge in [0.1, 0.15) is 5.82 Å². The van der Waals surface area contributed by atoms with E-state index >= 15 is 0 Å². The minimum absolute atomic E-state index is 0. The number of rotatable bonds is 5. The molecule has 0 spiro atoms. The molecule has 0 saturated carbocycles. The summed E-state index contributed by atoms with van der Waals surface area (Å²) in [5.74, 6) is 6.70. The number of benzene rings is 3. The molecule has 5 heteroatoms. The third-order valence-corrected chi connectivity index (χ3v) is 11.0. The second-order valence-corrected chi connectivity index (χ2v) is 21.7. The fraction of sp³-hybridized carbons (Fsp3) is 0.200. The van der Waals surface area contributed by atoms with Crippen LogP contribution in [0.4, 0.5) is 4.39 Å². The fourth-order valence-corrected chi connectivity index (χ4v) is 6.33. The molecule has 207 valence electrons. The van der Waals surface area contributed by atoms with Crippen LogP contribution < -0.4 is 4.40 Å². The Bertz CT molecular complexity index is 1560. The van der Waals surface area contributed by atoms with Crippen LogP contribution in [-0.4, -0.2) is 23.2 Å². The summed E-state index contributed by atoms with van der Waals surface area (Å²) >= 11 is -1.83. The van der Waals surface area contributed by atoms with E-state index in [0.29, 0.717) is 11.3 Å². The fourth-order valence-electron chi connectivity index (χ4n) is 4.16. The van der Waals surface area contributed by atoms with Crippen molar-refractivity contribution in [2.24, 2.45) is 0 Å². The maximum absolute atomic E-state index is 13.4. The number of nitrogens with zero attached hydrogens (tertiary/aromatic N) is 2. The molecule has 3 aromatic carbocycles. The van der Waals surface area contributed by atoms with Crippen molar-refractivity contribution >= 4 is 17.7 Å². The van der Waals surface area contributed by atoms with Gasteiger partial charge in [-0.3, -0.25) is 0 Å². The Morgan fingerprint density at radius 1 is 0.800 bits per heavy atom. The van der Waals surface area contributed by atoms with E-state index in [1.807, 2.05) is 42.6 Å². The van der Waals surface area contributed by atoms with Crippen molar-refractivity contribution in [1.29, 1.82) is 0 Å². The third kappa shape index (κ3) is 8.07. The van der Waals surface area contributed by atoms with Crippen LogP contribution in [0.3, 0.4) is 0 Å². The van der Waals surface area contributed by atoms with E-state index in [1.54, 1.807) is 12.1 Å². The van der Waals surface area contributed by atoms with Gasteiger partial charge in [-0.2, -0.15) is 0 Å². The number of hydrogen-bond acceptors (Lipinski definition) is 2. The van der Waals surface area contributed by atoms with Gasteiger partial charge >= 0.3 is 110 Å². The smallest absolute Gasteiger partial charge is 0 e. The molecule has 40 heavy (non-hydrogen) atoms. The molecule has 2 nitrogen and oxygen atoms in total. The monoisotopic (exact) mass is 772 g/mol. The van der Waals surface area contributed by atoms with Crippen molar-refractivity contribution in [3.8, 4) is 22.5 Å². The van der Waals surface area contributed by atoms with E-state index in [1.165, 1.54) is 34.4 Å². The molecule has 0 atom stereocenters. The van der Waals surface area contributed by atoms with E-state index < -0.39 is 20.1 Å². The summed E-state index contributed by atoms with van der Waals surface area (Å²) in [4.78, 5) is 8.72. The normalized spacial score (nSPS) is 12.6. The van der Waals surface area contributed by atoms with Crippen LogP contribution in [0.5, 0.6) is 0 Å². The molecule has 0 aliphatic carbocycles. The Morgan fingerprint density at radius 2 is 1.57 bits per heavy atom. The Kier molecular flexibility index (Phi) is 9.29. The first kappa shape index (κ1) is 27.3. The molecule has 0 amide bonds. The van der Waals surface area contributed by atoms with Crippen LogP contribution in [0.25, 0.3) is 22.5 Å². The van der Waals surface area contributed by atoms with Gasteiger partial charge in [0.05, 0.1) is 0 Å². The minimum Gasteiger partial charge on any atom is 0 e. The molecule has 2 heterocycles. The van der Waals surface area contributed by atoms with E-state index in [0.717, 1.165) is 22.4 Å². The predicted octanol–water partition coefficient (Wildman–Crippen LogP) is 8.41. The van der Waals surface area contributed by atoms with Gasteiger partial charge in [-0.1, -0.05) is 44.2 Å². The van der Waals surface area contributed by atoms with Crippen molar-refractivity contribution in [2.75, 3.05) is 0 Å². The maximum atomic E-state index is 13.4. The maximum Gasteiger partial charge on any atom is 0 e. The average Bonchev–Trinajstić information content (AvgIpc) is 2.97. The number of pyridine rings is 2. The Morgan fingerprint density at radius 3 is 2.17 bits per heavy atom. The molecule has 0 aliphatic rings. The molecule has 0 fully saturated rings. The topological polar surface area (TPSA) is 25.8 Å². The summed E-state index contributed by atoms with van der Waals surface area (Å²) in [6.45, 7) is 2.28. The van der Waals surface area contributed by atoms with E-state index in [2.05, 4.69) is 77.5 Å². The Balaban J connectivity index is 0.000000231. The van der Waals surface area contributed by atoms with Gasteiger partial charge in [-0.15, -0.1) is 35.4 Å². The first-order valence-electron chi connectivity index (χ1n) is 14.4. The zero-order valence-electron chi connectivity index (χ0n) is 26.4. The molecule has 2 aromatic heterocycles. The zero-order chi connectivity index (χ0) is 30.5. The van der Waals surface area contributed by atoms with Crippen LogP contribution in [0.15, 0.2) is 103 Å². The summed E-state index contributed by atoms with van der Waals surface area (Å²) in [7, 11) is 0. The van der Waals surface area contributed by atoms with Crippen molar-refractivity contribution in [2.45, 2.75) is 43.4 Å². The average molecular weight is 771 g/mol. The second-order valence-electron chi connectivity index (χ2n) is 11.0. The number of aromatic nitrogens is 2. The molecule has 0 bridgehead atoms. The second kappa shape index (κ2) is 13.6. The van der Waals surface area contributed by atoms with Crippen LogP contribution in [0, 0.1) is 24.8 Å². The standard InChI is InChI=1S/C20H17FN.C15H18GeN.Ir/c1-20(2,16-8-4-3-5-9-16)17-10-6-7-15(13-17)19-14-18(21)11-12-22-19;1-12-5-7-13(8-6-12)15-10-9-14(11-17-15)16(2,3)4;/h3-6,8-14H,1-2H3;5-7,9-11H,1-4H3;/q2*-1;/i;1D3;. The van der Waals surface area contributed by atoms with Gasteiger partial charge in [0.2, 0.25) is 0 Å². The molecule has 1 radical (unpaired) electrons. The summed E-state index contributed by atoms with van der Waals surface area (Å²) in [5.41, 5.74) is 5.62. The zero-order valence-corrected chi connectivity index (χ0v) is 27.9. The van der Waals surface area contributed by atoms with Gasteiger partial charge in [0.25, 0.3) is 0 Å². The van der Waals surface area contributed by atoms with Gasteiger partial charge < -0.3 is 4.98 Å². The van der Waals surface area contributed by atoms with Gasteiger partial charge in [-0.25, -0.2) is 4.39 Å². The van der Waals surface area contributed by atoms with Crippen LogP contribution >= 0.6 is 0 Å². The molecule has 0 unspecified atom stereocenters. The number of aryl methyl sites for hydroxylation is 1. The third-order valence-electron chi connectivity index (χ3n) is 6.73. The molecular formula is C35H35FGeIrN2-2. The van der Waals surface area contributed by atoms with E-state index in [4.69, 9.17) is 4.11 Å². The summed E-state index contributed by atoms with van der Waals surface area (Å²) in [5, 5.41) is 0. The molecule has 0 aliphatic heterocycles. The minimum atomic E-state index is -2.08. The largest absolute Gasteiger partial charge is 0 e. The van der Waals surface area contributed by atoms with Crippen molar-refractivity contribution in [3.63, 3.8) is 0 Å². The van der Waals surface area contributed by atoms with Crippen LogP contribution in [0.1, 0.15) is 34.7 Å². The summed E-state index contributed by atoms with van der Waals surface area (Å²) in [6.07, 6.45) is 3.42. The van der Waals surface area contributed by atoms with Gasteiger partial charge in [0, 0.05) is 26.3 Å². The summed E-state index contributed by atoms with van der Waals surface area (Å²) < 4.78 is 36.8. The molecule has 5 aromatic rings. The first-order valence-corrected chi connectivity index (χ1v) is 20.3. The molecule has 5 rings (SSSR count). The molecular weight excluding hydrogens is 732 g/mol. The summed E-state index contributed by atoms with van der Waals surface area (Å²) in [6, 6.07) is 34.3. The van der Waals surface area contributed by atoms with Crippen molar-refractivity contribution in [3.05, 3.63) is 138 Å². The van der Waals surface area contributed by atoms with Gasteiger partial charge in [0.15, 0.2) is 0 Å². The Hall–Kier alpha value is -2.92. The number of hydrogen-bond donors (Lipinski definition) is 0. The Labute approximate surface area is 259 Å². The van der Waals surface area contributed by atoms with Crippen molar-refractivity contribution < 1.29 is 28.6 Å². The molecule has 0 N–H and O–H groups in total. The van der Waals surface area contributed by atoms with Crippen molar-refractivity contribution in [1.82, 2.24) is 9.97 Å². The SMILES string of the molecule is CC(C)(c1ccccc1)c1cc[c-]c(-c2cc(F)ccn2)c1.[2H]C([2H])([2H])c1c[c-]c(-c2cc[c]([Ge]([CH3])([CH3])[CH3])cn2)cc1.[Ir]. The quantitative estimate of drug-likeness (QED) is 0.133. The predicted molar refractivity (Wildman–Crippen MR) is 163 cm³/mol. The first-order chi connectivity index (χ1) is 19.7. The van der Waals surface area contributed by atoms with Gasteiger partial charge in [-0.05, 0) is 28.8 Å². The van der Waals surface area contributed by atoms with E-state index in [-0.39, 0.29) is 31.3 Å². The van der Waals surface area contributed by atoms with E-state index in [9.17, 15) is 4.39 Å². The van der Waals surface area contributed by atoms with Crippen LogP contribution in [-0.2, 0) is 25.5 Å².